The van der Waals surface area contributed by atoms with Gasteiger partial charge in [0, 0.05) is 0 Å². The topological polar surface area (TPSA) is 55.8 Å². The maximum Gasteiger partial charge on any atom is 0.452 e. The zero-order valence-electron chi connectivity index (χ0n) is 10.5. The second kappa shape index (κ2) is 5.25. The normalized spacial score (nSPS) is 14.3. The second-order valence-electron chi connectivity index (χ2n) is 4.88. The van der Waals surface area contributed by atoms with Gasteiger partial charge in [-0.15, -0.1) is 0 Å². The average molecular weight is 270 g/mol. The van der Waals surface area contributed by atoms with E-state index in [1.165, 1.54) is 0 Å². The molecule has 0 aromatic rings. The Morgan fingerprint density at radius 1 is 1.00 bits per heavy atom. The minimum absolute atomic E-state index is 0.801. The van der Waals surface area contributed by atoms with Crippen molar-refractivity contribution in [3.63, 3.8) is 0 Å². The molecule has 4 nitrogen and oxygen atoms in total. The van der Waals surface area contributed by atoms with Gasteiger partial charge in [0.15, 0.2) is 0 Å². The van der Waals surface area contributed by atoms with E-state index in [0.29, 0.717) is 0 Å². The molecule has 0 aromatic heterocycles. The van der Waals surface area contributed by atoms with E-state index < -0.39 is 24.5 Å². The van der Waals surface area contributed by atoms with Crippen LogP contribution in [0.2, 0.25) is 38.3 Å². The molecule has 0 spiro atoms. The number of hydrogen-bond acceptors (Lipinski definition) is 3. The van der Waals surface area contributed by atoms with Gasteiger partial charge < -0.3 is 13.3 Å². The molecular formula is C8H23O4PSi2. The Balaban J connectivity index is 4.51. The summed E-state index contributed by atoms with van der Waals surface area (Å²) in [6.07, 6.45) is 0. The third kappa shape index (κ3) is 6.65. The first kappa shape index (κ1) is 15.5. The molecule has 0 unspecified atom stereocenters. The average Bonchev–Trinajstić information content (AvgIpc) is 2.00. The van der Waals surface area contributed by atoms with Gasteiger partial charge >= 0.3 is 7.82 Å². The Morgan fingerprint density at radius 3 is 1.47 bits per heavy atom. The van der Waals surface area contributed by atoms with Crippen molar-refractivity contribution in [2.24, 2.45) is 0 Å². The van der Waals surface area contributed by atoms with Crippen LogP contribution in [0.15, 0.2) is 0 Å². The molecule has 0 amide bonds. The van der Waals surface area contributed by atoms with E-state index in [-0.39, 0.29) is 0 Å². The summed E-state index contributed by atoms with van der Waals surface area (Å²) >= 11 is 0. The minimum Gasteiger partial charge on any atom is -0.330 e. The quantitative estimate of drug-likeness (QED) is 0.592. The predicted octanol–water partition coefficient (Wildman–Crippen LogP) is 3.57. The Labute approximate surface area is 94.9 Å². The van der Waals surface area contributed by atoms with Gasteiger partial charge in [0.2, 0.25) is 16.6 Å². The lowest BCUT2D eigenvalue weighted by Crippen LogP contribution is -2.32. The molecular weight excluding hydrogens is 247 g/mol. The fourth-order valence-electron chi connectivity index (χ4n) is 0.772. The highest BCUT2D eigenvalue weighted by Gasteiger charge is 2.37. The molecule has 1 N–H and O–H groups in total. The van der Waals surface area contributed by atoms with Crippen LogP contribution in [0.25, 0.3) is 0 Å². The predicted molar refractivity (Wildman–Crippen MR) is 67.9 cm³/mol. The summed E-state index contributed by atoms with van der Waals surface area (Å²) in [5, 5.41) is 0. The Bertz CT molecular complexity index is 233. The monoisotopic (exact) mass is 270 g/mol. The van der Waals surface area contributed by atoms with Gasteiger partial charge in [-0.25, -0.2) is 4.57 Å². The molecule has 7 heteroatoms. The smallest absolute Gasteiger partial charge is 0.330 e. The van der Waals surface area contributed by atoms with E-state index >= 15 is 0 Å². The summed E-state index contributed by atoms with van der Waals surface area (Å²) in [5.74, 6) is 0. The molecule has 0 radical (unpaired) electrons. The number of phosphoric acid groups is 1. The first-order valence-electron chi connectivity index (χ1n) is 5.28. The van der Waals surface area contributed by atoms with Crippen LogP contribution in [0.5, 0.6) is 0 Å². The van der Waals surface area contributed by atoms with E-state index in [1.807, 2.05) is 40.0 Å². The van der Waals surface area contributed by atoms with Crippen LogP contribution in [0.3, 0.4) is 0 Å². The maximum absolute atomic E-state index is 11.7. The molecule has 0 fully saturated rings. The van der Waals surface area contributed by atoms with Crippen LogP contribution in [-0.4, -0.2) is 21.5 Å². The van der Waals surface area contributed by atoms with Crippen molar-refractivity contribution in [2.75, 3.05) is 0 Å². The van der Waals surface area contributed by atoms with E-state index in [2.05, 4.69) is 0 Å². The van der Waals surface area contributed by atoms with Crippen molar-refractivity contribution < 1.29 is 17.9 Å². The van der Waals surface area contributed by atoms with E-state index in [4.69, 9.17) is 8.43 Å². The van der Waals surface area contributed by atoms with Crippen molar-refractivity contribution in [2.45, 2.75) is 52.1 Å². The van der Waals surface area contributed by atoms with Crippen LogP contribution in [0.4, 0.5) is 0 Å². The van der Waals surface area contributed by atoms with Gasteiger partial charge in [-0.05, 0) is 38.3 Å². The summed E-state index contributed by atoms with van der Waals surface area (Å²) in [6.45, 7) is 11.6. The highest BCUT2D eigenvalue weighted by Crippen LogP contribution is 2.49. The Hall–Kier alpha value is 0.544. The lowest BCUT2D eigenvalue weighted by Gasteiger charge is -2.29. The van der Waals surface area contributed by atoms with Gasteiger partial charge in [-0.3, -0.25) is 0 Å². The van der Waals surface area contributed by atoms with Crippen LogP contribution < -0.4 is 0 Å². The Kier molecular flexibility index (Phi) is 5.44. The lowest BCUT2D eigenvalue weighted by molar-refractivity contribution is 0.284. The molecule has 0 heterocycles. The first-order chi connectivity index (χ1) is 6.54. The van der Waals surface area contributed by atoms with Crippen LogP contribution >= 0.6 is 7.82 Å². The highest BCUT2D eigenvalue weighted by molar-refractivity contribution is 7.51. The van der Waals surface area contributed by atoms with Crippen LogP contribution in [0, 0.1) is 0 Å². The van der Waals surface area contributed by atoms with E-state index in [0.717, 1.165) is 12.1 Å². The molecule has 15 heavy (non-hydrogen) atoms. The van der Waals surface area contributed by atoms with Crippen molar-refractivity contribution in [3.8, 4) is 0 Å². The highest BCUT2D eigenvalue weighted by atomic mass is 31.2. The summed E-state index contributed by atoms with van der Waals surface area (Å²) in [7, 11) is -7.93. The molecule has 92 valence electrons. The molecule has 0 atom stereocenters. The minimum atomic E-state index is -3.85. The second-order valence-corrected chi connectivity index (χ2v) is 15.7. The summed E-state index contributed by atoms with van der Waals surface area (Å²) in [6, 6.07) is 1.60. The van der Waals surface area contributed by atoms with Gasteiger partial charge in [-0.1, -0.05) is 13.8 Å². The number of hydrogen-bond donors (Lipinski definition) is 1. The lowest BCUT2D eigenvalue weighted by atomic mass is 11.0. The van der Waals surface area contributed by atoms with Crippen molar-refractivity contribution in [3.05, 3.63) is 0 Å². The van der Waals surface area contributed by atoms with Gasteiger partial charge in [0.25, 0.3) is 0 Å². The molecule has 0 rings (SSSR count). The number of rotatable bonds is 6. The molecule has 0 aliphatic heterocycles. The first-order valence-corrected chi connectivity index (χ1v) is 13.0. The van der Waals surface area contributed by atoms with E-state index in [9.17, 15) is 9.46 Å². The molecule has 0 aromatic carbocycles. The van der Waals surface area contributed by atoms with Crippen LogP contribution in [0.1, 0.15) is 13.8 Å². The summed E-state index contributed by atoms with van der Waals surface area (Å²) in [4.78, 5) is 9.63. The third-order valence-electron chi connectivity index (χ3n) is 2.43. The third-order valence-corrected chi connectivity index (χ3v) is 11.6. The fourth-order valence-corrected chi connectivity index (χ4v) is 7.29. The maximum atomic E-state index is 11.7. The van der Waals surface area contributed by atoms with Crippen molar-refractivity contribution in [1.29, 1.82) is 0 Å². The van der Waals surface area contributed by atoms with E-state index in [1.54, 1.807) is 0 Å². The van der Waals surface area contributed by atoms with Crippen molar-refractivity contribution >= 4 is 24.5 Å². The largest absolute Gasteiger partial charge is 0.452 e. The van der Waals surface area contributed by atoms with Crippen LogP contribution in [-0.2, 0) is 13.0 Å². The standard InChI is InChI=1S/C8H23O4PSi2/c1-7-14(3,4)11-13(9,10)12-15(5,6)8-2/h7-8H2,1-6H3,(H,9,10). The molecule has 0 aliphatic carbocycles. The van der Waals surface area contributed by atoms with Crippen molar-refractivity contribution in [1.82, 2.24) is 0 Å². The van der Waals surface area contributed by atoms with Gasteiger partial charge in [-0.2, -0.15) is 0 Å². The Morgan fingerprint density at radius 2 is 1.27 bits per heavy atom. The zero-order chi connectivity index (χ0) is 12.3. The van der Waals surface area contributed by atoms with Gasteiger partial charge in [0.1, 0.15) is 0 Å². The molecule has 0 bridgehead atoms. The summed E-state index contributed by atoms with van der Waals surface area (Å²) in [5.41, 5.74) is 0. The zero-order valence-corrected chi connectivity index (χ0v) is 13.4. The molecule has 0 saturated carbocycles. The molecule has 0 saturated heterocycles. The fraction of sp³-hybridized carbons (Fsp3) is 1.00. The summed E-state index contributed by atoms with van der Waals surface area (Å²) < 4.78 is 22.3. The van der Waals surface area contributed by atoms with Gasteiger partial charge in [0.05, 0.1) is 0 Å². The molecule has 0 aliphatic rings. The SMILES string of the molecule is CC[Si](C)(C)OP(=O)(O)O[Si](C)(C)CC.